The highest BCUT2D eigenvalue weighted by Gasteiger charge is 2.60. The van der Waals surface area contributed by atoms with Crippen molar-refractivity contribution in [2.24, 2.45) is 16.5 Å². The molecule has 0 aromatic rings. The second-order valence-electron chi connectivity index (χ2n) is 5.98. The summed E-state index contributed by atoms with van der Waals surface area (Å²) in [4.78, 5) is 17.5. The van der Waals surface area contributed by atoms with Crippen LogP contribution in [0.25, 0.3) is 0 Å². The summed E-state index contributed by atoms with van der Waals surface area (Å²) in [7, 11) is 0. The summed E-state index contributed by atoms with van der Waals surface area (Å²) in [5.41, 5.74) is -0.202. The predicted molar refractivity (Wildman–Crippen MR) is 65.0 cm³/mol. The lowest BCUT2D eigenvalue weighted by atomic mass is 9.76. The molecule has 5 heteroatoms. The van der Waals surface area contributed by atoms with Gasteiger partial charge in [0, 0.05) is 11.8 Å². The van der Waals surface area contributed by atoms with E-state index < -0.39 is 18.2 Å². The van der Waals surface area contributed by atoms with Crippen LogP contribution in [0.1, 0.15) is 40.0 Å². The maximum atomic E-state index is 12.1. The van der Waals surface area contributed by atoms with Crippen LogP contribution in [0.3, 0.4) is 0 Å². The second-order valence-corrected chi connectivity index (χ2v) is 5.98. The molecule has 2 rings (SSSR count). The van der Waals surface area contributed by atoms with Crippen molar-refractivity contribution in [3.63, 3.8) is 0 Å². The van der Waals surface area contributed by atoms with Crippen molar-refractivity contribution in [1.29, 1.82) is 0 Å². The number of rotatable bonds is 3. The number of oxime groups is 1. The Labute approximate surface area is 107 Å². The minimum Gasteiger partial charge on any atom is -0.460 e. The summed E-state index contributed by atoms with van der Waals surface area (Å²) >= 11 is 0. The van der Waals surface area contributed by atoms with Crippen molar-refractivity contribution in [2.45, 2.75) is 45.6 Å². The molecule has 18 heavy (non-hydrogen) atoms. The van der Waals surface area contributed by atoms with Crippen molar-refractivity contribution < 1.29 is 18.8 Å². The number of alkyl halides is 1. The largest absolute Gasteiger partial charge is 0.460 e. The molecule has 2 aliphatic rings. The first-order valence-corrected chi connectivity index (χ1v) is 6.41. The molecule has 0 bridgehead atoms. The number of fused-ring (bicyclic) bond motifs is 1. The summed E-state index contributed by atoms with van der Waals surface area (Å²) < 4.78 is 17.0. The molecule has 1 fully saturated rings. The van der Waals surface area contributed by atoms with Crippen LogP contribution < -0.4 is 0 Å². The van der Waals surface area contributed by atoms with E-state index in [1.54, 1.807) is 0 Å². The molecule has 0 N–H and O–H groups in total. The van der Waals surface area contributed by atoms with Crippen molar-refractivity contribution >= 4 is 11.7 Å². The minimum atomic E-state index is -0.988. The van der Waals surface area contributed by atoms with Gasteiger partial charge in [-0.25, -0.2) is 9.18 Å². The van der Waals surface area contributed by atoms with Crippen LogP contribution in [-0.2, 0) is 14.4 Å². The van der Waals surface area contributed by atoms with Crippen molar-refractivity contribution in [3.8, 4) is 0 Å². The van der Waals surface area contributed by atoms with Gasteiger partial charge in [-0.05, 0) is 12.8 Å². The van der Waals surface area contributed by atoms with E-state index in [-0.39, 0.29) is 17.9 Å². The van der Waals surface area contributed by atoms with Crippen LogP contribution in [-0.4, -0.2) is 30.6 Å². The maximum Gasteiger partial charge on any atom is 0.354 e. The van der Waals surface area contributed by atoms with Gasteiger partial charge in [-0.3, -0.25) is 0 Å². The lowest BCUT2D eigenvalue weighted by molar-refractivity contribution is -0.172. The van der Waals surface area contributed by atoms with Crippen LogP contribution in [0, 0.1) is 11.3 Å². The van der Waals surface area contributed by atoms with E-state index in [2.05, 4.69) is 25.9 Å². The number of hydrogen-bond acceptors (Lipinski definition) is 4. The Morgan fingerprint density at radius 3 is 2.94 bits per heavy atom. The average Bonchev–Trinajstić information content (AvgIpc) is 2.82. The molecule has 0 aromatic heterocycles. The molecular formula is C13H20FNO3. The highest BCUT2D eigenvalue weighted by Crippen LogP contribution is 2.48. The van der Waals surface area contributed by atoms with Crippen molar-refractivity contribution in [2.75, 3.05) is 13.3 Å². The Balaban J connectivity index is 2.18. The van der Waals surface area contributed by atoms with Gasteiger partial charge in [0.05, 0.1) is 11.6 Å². The number of ether oxygens (including phenoxy) is 1. The Morgan fingerprint density at radius 2 is 2.33 bits per heavy atom. The Bertz CT molecular complexity index is 375. The zero-order chi connectivity index (χ0) is 13.4. The van der Waals surface area contributed by atoms with Crippen LogP contribution in [0.2, 0.25) is 0 Å². The molecular weight excluding hydrogens is 237 g/mol. The Kier molecular flexibility index (Phi) is 3.34. The van der Waals surface area contributed by atoms with E-state index in [1.165, 1.54) is 0 Å². The lowest BCUT2D eigenvalue weighted by Crippen LogP contribution is -2.46. The summed E-state index contributed by atoms with van der Waals surface area (Å²) in [5, 5.41) is 4.11. The smallest absolute Gasteiger partial charge is 0.354 e. The zero-order valence-electron chi connectivity index (χ0n) is 11.2. The number of hydrogen-bond donors (Lipinski definition) is 0. The summed E-state index contributed by atoms with van der Waals surface area (Å²) in [6.07, 6.45) is 2.39. The van der Waals surface area contributed by atoms with Gasteiger partial charge in [0.15, 0.2) is 0 Å². The predicted octanol–water partition coefficient (Wildman–Crippen LogP) is 2.47. The van der Waals surface area contributed by atoms with Gasteiger partial charge in [-0.2, -0.15) is 0 Å². The van der Waals surface area contributed by atoms with Gasteiger partial charge in [0.1, 0.15) is 13.3 Å². The molecule has 2 atom stereocenters. The lowest BCUT2D eigenvalue weighted by Gasteiger charge is -2.27. The van der Waals surface area contributed by atoms with Crippen LogP contribution in [0.5, 0.6) is 0 Å². The third-order valence-electron chi connectivity index (χ3n) is 3.67. The highest BCUT2D eigenvalue weighted by atomic mass is 19.1. The Hall–Kier alpha value is -1.13. The fourth-order valence-corrected chi connectivity index (χ4v) is 2.83. The zero-order valence-corrected chi connectivity index (χ0v) is 11.2. The van der Waals surface area contributed by atoms with Gasteiger partial charge >= 0.3 is 5.97 Å². The summed E-state index contributed by atoms with van der Waals surface area (Å²) in [6, 6.07) is 0. The second kappa shape index (κ2) is 4.52. The molecule has 1 aliphatic carbocycles. The van der Waals surface area contributed by atoms with Gasteiger partial charge in [0.2, 0.25) is 5.60 Å². The number of carbonyl (C=O) groups excluding carboxylic acids is 1. The molecule has 102 valence electrons. The summed E-state index contributed by atoms with van der Waals surface area (Å²) in [6.45, 7) is 5.28. The molecule has 1 aliphatic heterocycles. The fourth-order valence-electron chi connectivity index (χ4n) is 2.83. The van der Waals surface area contributed by atoms with Crippen LogP contribution >= 0.6 is 0 Å². The molecule has 1 heterocycles. The Morgan fingerprint density at radius 1 is 1.61 bits per heavy atom. The van der Waals surface area contributed by atoms with E-state index in [1.807, 2.05) is 0 Å². The number of halogens is 1. The average molecular weight is 257 g/mol. The topological polar surface area (TPSA) is 47.9 Å². The first-order chi connectivity index (χ1) is 8.42. The first kappa shape index (κ1) is 13.3. The minimum absolute atomic E-state index is 0.0235. The maximum absolute atomic E-state index is 12.1. The normalized spacial score (nSPS) is 30.7. The first-order valence-electron chi connectivity index (χ1n) is 6.41. The van der Waals surface area contributed by atoms with Gasteiger partial charge in [-0.1, -0.05) is 25.9 Å². The quantitative estimate of drug-likeness (QED) is 0.730. The van der Waals surface area contributed by atoms with E-state index in [4.69, 9.17) is 9.57 Å². The van der Waals surface area contributed by atoms with Gasteiger partial charge in [-0.15, -0.1) is 0 Å². The molecule has 1 saturated carbocycles. The third kappa shape index (κ3) is 1.99. The molecule has 4 nitrogen and oxygen atoms in total. The molecule has 0 amide bonds. The van der Waals surface area contributed by atoms with Gasteiger partial charge < -0.3 is 9.57 Å². The van der Waals surface area contributed by atoms with Crippen LogP contribution in [0.4, 0.5) is 4.39 Å². The van der Waals surface area contributed by atoms with E-state index in [0.29, 0.717) is 6.42 Å². The van der Waals surface area contributed by atoms with Crippen molar-refractivity contribution in [3.05, 3.63) is 0 Å². The highest BCUT2D eigenvalue weighted by molar-refractivity contribution is 5.99. The van der Waals surface area contributed by atoms with E-state index in [9.17, 15) is 9.18 Å². The number of esters is 1. The van der Waals surface area contributed by atoms with Crippen LogP contribution in [0.15, 0.2) is 5.16 Å². The molecule has 0 aromatic carbocycles. The van der Waals surface area contributed by atoms with Gasteiger partial charge in [0.25, 0.3) is 0 Å². The monoisotopic (exact) mass is 257 g/mol. The fraction of sp³-hybridized carbons (Fsp3) is 0.846. The van der Waals surface area contributed by atoms with E-state index in [0.717, 1.165) is 18.6 Å². The molecule has 2 unspecified atom stereocenters. The van der Waals surface area contributed by atoms with Crippen molar-refractivity contribution in [1.82, 2.24) is 0 Å². The number of carbonyl (C=O) groups is 1. The summed E-state index contributed by atoms with van der Waals surface area (Å²) in [5.74, 6) is -0.490. The van der Waals surface area contributed by atoms with E-state index >= 15 is 0 Å². The third-order valence-corrected chi connectivity index (χ3v) is 3.67. The molecule has 0 spiro atoms. The molecule has 0 radical (unpaired) electrons. The standard InChI is InChI=1S/C13H20FNO3/c1-12(2,3)10-9-5-4-6-13(9,18-15-10)11(16)17-8-7-14/h9H,4-8H2,1-3H3. The SMILES string of the molecule is CC(C)(C)C1=NOC2(C(=O)OCCF)CCCC12. The number of nitrogens with zero attached hydrogens (tertiary/aromatic N) is 1. The molecule has 0 saturated heterocycles.